The Bertz CT molecular complexity index is 947. The standard InChI is InChI=1S/C21H29N3O2S2/c1-6-11-24-20(26)17-13(3)14(4)27-19(17)23-21(24)28-15(5)18(25)22-16-10-8-7-9-12(16)2/h6,12,15-16H,1,7-11H2,2-5H3,(H,22,25)/t12-,15+,16-/m0/s1. The highest BCUT2D eigenvalue weighted by molar-refractivity contribution is 8.00. The molecule has 152 valence electrons. The van der Waals surface area contributed by atoms with Crippen LogP contribution in [-0.2, 0) is 11.3 Å². The summed E-state index contributed by atoms with van der Waals surface area (Å²) in [5.74, 6) is 0.530. The summed E-state index contributed by atoms with van der Waals surface area (Å²) in [5, 5.41) is 4.15. The monoisotopic (exact) mass is 419 g/mol. The molecular weight excluding hydrogens is 390 g/mol. The number of hydrogen-bond donors (Lipinski definition) is 1. The number of amides is 1. The van der Waals surface area contributed by atoms with Gasteiger partial charge in [0.15, 0.2) is 5.16 Å². The van der Waals surface area contributed by atoms with Crippen molar-refractivity contribution in [2.75, 3.05) is 0 Å². The molecule has 1 saturated carbocycles. The number of allylic oxidation sites excluding steroid dienone is 1. The minimum Gasteiger partial charge on any atom is -0.352 e. The van der Waals surface area contributed by atoms with Gasteiger partial charge >= 0.3 is 0 Å². The topological polar surface area (TPSA) is 64.0 Å². The van der Waals surface area contributed by atoms with E-state index in [9.17, 15) is 9.59 Å². The van der Waals surface area contributed by atoms with E-state index in [1.807, 2.05) is 20.8 Å². The molecule has 0 radical (unpaired) electrons. The van der Waals surface area contributed by atoms with E-state index in [1.54, 1.807) is 10.6 Å². The molecular formula is C21H29N3O2S2. The van der Waals surface area contributed by atoms with Gasteiger partial charge in [-0.2, -0.15) is 0 Å². The fourth-order valence-corrected chi connectivity index (χ4v) is 5.73. The molecule has 3 atom stereocenters. The normalized spacial score (nSPS) is 20.9. The molecule has 7 heteroatoms. The smallest absolute Gasteiger partial charge is 0.263 e. The Balaban J connectivity index is 1.86. The molecule has 0 spiro atoms. The summed E-state index contributed by atoms with van der Waals surface area (Å²) in [6.07, 6.45) is 6.33. The highest BCUT2D eigenvalue weighted by atomic mass is 32.2. The van der Waals surface area contributed by atoms with E-state index in [0.29, 0.717) is 23.0 Å². The van der Waals surface area contributed by atoms with Crippen molar-refractivity contribution < 1.29 is 4.79 Å². The first-order chi connectivity index (χ1) is 13.3. The Hall–Kier alpha value is -1.60. The molecule has 0 bridgehead atoms. The van der Waals surface area contributed by atoms with Gasteiger partial charge in [-0.15, -0.1) is 17.9 Å². The second kappa shape index (κ2) is 8.82. The predicted molar refractivity (Wildman–Crippen MR) is 118 cm³/mol. The van der Waals surface area contributed by atoms with Crippen LogP contribution in [0.25, 0.3) is 10.2 Å². The Labute approximate surface area is 174 Å². The van der Waals surface area contributed by atoms with E-state index in [1.165, 1.54) is 42.4 Å². The molecule has 1 N–H and O–H groups in total. The summed E-state index contributed by atoms with van der Waals surface area (Å²) < 4.78 is 1.63. The van der Waals surface area contributed by atoms with Gasteiger partial charge in [0.1, 0.15) is 4.83 Å². The molecule has 1 aliphatic carbocycles. The van der Waals surface area contributed by atoms with E-state index in [-0.39, 0.29) is 22.8 Å². The van der Waals surface area contributed by atoms with Gasteiger partial charge in [0.2, 0.25) is 5.91 Å². The van der Waals surface area contributed by atoms with Gasteiger partial charge in [-0.25, -0.2) is 4.98 Å². The molecule has 0 saturated heterocycles. The summed E-state index contributed by atoms with van der Waals surface area (Å²) in [4.78, 5) is 32.4. The first-order valence-corrected chi connectivity index (χ1v) is 11.6. The van der Waals surface area contributed by atoms with Gasteiger partial charge in [-0.3, -0.25) is 14.2 Å². The van der Waals surface area contributed by atoms with Crippen LogP contribution in [0.1, 0.15) is 50.0 Å². The molecule has 2 aromatic rings. The number of aryl methyl sites for hydroxylation is 2. The van der Waals surface area contributed by atoms with Gasteiger partial charge in [0.25, 0.3) is 5.56 Å². The van der Waals surface area contributed by atoms with Crippen LogP contribution in [0.2, 0.25) is 0 Å². The van der Waals surface area contributed by atoms with Crippen LogP contribution >= 0.6 is 23.1 Å². The van der Waals surface area contributed by atoms with Gasteiger partial charge in [-0.1, -0.05) is 37.6 Å². The van der Waals surface area contributed by atoms with Crippen LogP contribution in [0.4, 0.5) is 0 Å². The number of nitrogens with one attached hydrogen (secondary N) is 1. The quantitative estimate of drug-likeness (QED) is 0.427. The van der Waals surface area contributed by atoms with Crippen LogP contribution in [0.15, 0.2) is 22.6 Å². The van der Waals surface area contributed by atoms with Crippen molar-refractivity contribution in [1.29, 1.82) is 0 Å². The highest BCUT2D eigenvalue weighted by Crippen LogP contribution is 2.30. The van der Waals surface area contributed by atoms with Crippen molar-refractivity contribution in [1.82, 2.24) is 14.9 Å². The van der Waals surface area contributed by atoms with Gasteiger partial charge in [-0.05, 0) is 45.1 Å². The third-order valence-corrected chi connectivity index (χ3v) is 7.85. The van der Waals surface area contributed by atoms with Crippen molar-refractivity contribution in [3.8, 4) is 0 Å². The fourth-order valence-electron chi connectivity index (χ4n) is 3.73. The van der Waals surface area contributed by atoms with E-state index in [4.69, 9.17) is 4.98 Å². The van der Waals surface area contributed by atoms with Gasteiger partial charge in [0.05, 0.1) is 10.6 Å². The molecule has 2 aromatic heterocycles. The van der Waals surface area contributed by atoms with Crippen LogP contribution in [-0.4, -0.2) is 26.8 Å². The average molecular weight is 420 g/mol. The third kappa shape index (κ3) is 4.20. The summed E-state index contributed by atoms with van der Waals surface area (Å²) in [7, 11) is 0. The zero-order valence-electron chi connectivity index (χ0n) is 17.1. The van der Waals surface area contributed by atoms with E-state index in [2.05, 4.69) is 18.8 Å². The lowest BCUT2D eigenvalue weighted by molar-refractivity contribution is -0.121. The first kappa shape index (κ1) is 21.1. The highest BCUT2D eigenvalue weighted by Gasteiger charge is 2.26. The summed E-state index contributed by atoms with van der Waals surface area (Å²) in [5.41, 5.74) is 0.937. The third-order valence-electron chi connectivity index (χ3n) is 5.66. The number of thioether (sulfide) groups is 1. The number of fused-ring (bicyclic) bond motifs is 1. The van der Waals surface area contributed by atoms with Crippen molar-refractivity contribution in [3.63, 3.8) is 0 Å². The molecule has 28 heavy (non-hydrogen) atoms. The van der Waals surface area contributed by atoms with Crippen molar-refractivity contribution in [2.45, 2.75) is 76.4 Å². The SMILES string of the molecule is C=CCn1c(S[C@H](C)C(=O)N[C@H]2CCCC[C@@H]2C)nc2sc(C)c(C)c2c1=O. The summed E-state index contributed by atoms with van der Waals surface area (Å²) in [6.45, 7) is 12.2. The molecule has 2 heterocycles. The van der Waals surface area contributed by atoms with E-state index in [0.717, 1.165) is 21.7 Å². The second-order valence-electron chi connectivity index (χ2n) is 7.70. The number of nitrogens with zero attached hydrogens (tertiary/aromatic N) is 2. The molecule has 1 aliphatic rings. The lowest BCUT2D eigenvalue weighted by Gasteiger charge is -2.30. The summed E-state index contributed by atoms with van der Waals surface area (Å²) in [6, 6.07) is 0.248. The second-order valence-corrected chi connectivity index (χ2v) is 10.2. The molecule has 0 aromatic carbocycles. The lowest BCUT2D eigenvalue weighted by Crippen LogP contribution is -2.44. The molecule has 1 amide bonds. The molecule has 0 unspecified atom stereocenters. The maximum Gasteiger partial charge on any atom is 0.263 e. The fraction of sp³-hybridized carbons (Fsp3) is 0.571. The average Bonchev–Trinajstić information content (AvgIpc) is 2.94. The van der Waals surface area contributed by atoms with E-state index < -0.39 is 0 Å². The largest absolute Gasteiger partial charge is 0.352 e. The van der Waals surface area contributed by atoms with Gasteiger partial charge in [0, 0.05) is 17.5 Å². The van der Waals surface area contributed by atoms with Gasteiger partial charge < -0.3 is 5.32 Å². The van der Waals surface area contributed by atoms with Crippen molar-refractivity contribution in [3.05, 3.63) is 33.4 Å². The Morgan fingerprint density at radius 1 is 1.43 bits per heavy atom. The Kier molecular flexibility index (Phi) is 6.65. The number of aromatic nitrogens is 2. The minimum atomic E-state index is -0.323. The van der Waals surface area contributed by atoms with Crippen molar-refractivity contribution in [2.24, 2.45) is 5.92 Å². The number of thiophene rings is 1. The van der Waals surface area contributed by atoms with Crippen LogP contribution in [0.5, 0.6) is 0 Å². The number of hydrogen-bond acceptors (Lipinski definition) is 5. The Morgan fingerprint density at radius 2 is 2.14 bits per heavy atom. The molecule has 3 rings (SSSR count). The van der Waals surface area contributed by atoms with Crippen LogP contribution in [0.3, 0.4) is 0 Å². The maximum absolute atomic E-state index is 13.1. The molecule has 5 nitrogen and oxygen atoms in total. The maximum atomic E-state index is 13.1. The number of rotatable bonds is 6. The first-order valence-electron chi connectivity index (χ1n) is 9.92. The number of carbonyl (C=O) groups is 1. The summed E-state index contributed by atoms with van der Waals surface area (Å²) >= 11 is 2.88. The van der Waals surface area contributed by atoms with Crippen LogP contribution < -0.4 is 10.9 Å². The predicted octanol–water partition coefficient (Wildman–Crippen LogP) is 4.44. The van der Waals surface area contributed by atoms with Crippen molar-refractivity contribution >= 4 is 39.2 Å². The van der Waals surface area contributed by atoms with Crippen LogP contribution in [0, 0.1) is 19.8 Å². The number of carbonyl (C=O) groups excluding carboxylic acids is 1. The lowest BCUT2D eigenvalue weighted by atomic mass is 9.86. The minimum absolute atomic E-state index is 0.0155. The van der Waals surface area contributed by atoms with E-state index >= 15 is 0 Å². The zero-order chi connectivity index (χ0) is 20.4. The molecule has 1 fully saturated rings. The zero-order valence-corrected chi connectivity index (χ0v) is 18.7. The molecule has 0 aliphatic heterocycles. The Morgan fingerprint density at radius 3 is 2.82 bits per heavy atom.